The molecule has 3 aliphatic rings. The van der Waals surface area contributed by atoms with Crippen molar-refractivity contribution in [3.8, 4) is 0 Å². The average Bonchev–Trinajstić information content (AvgIpc) is 3.41. The van der Waals surface area contributed by atoms with Crippen molar-refractivity contribution in [3.05, 3.63) is 76.1 Å². The van der Waals surface area contributed by atoms with Crippen LogP contribution < -0.4 is 10.2 Å². The van der Waals surface area contributed by atoms with E-state index in [4.69, 9.17) is 0 Å². The van der Waals surface area contributed by atoms with E-state index >= 15 is 4.39 Å². The molecule has 41 heavy (non-hydrogen) atoms. The third kappa shape index (κ3) is 4.79. The summed E-state index contributed by atoms with van der Waals surface area (Å²) in [5, 5.41) is 11.0. The first-order valence-electron chi connectivity index (χ1n) is 13.5. The number of hydrogen-bond acceptors (Lipinski definition) is 4. The van der Waals surface area contributed by atoms with Crippen LogP contribution in [-0.2, 0) is 38.1 Å². The predicted molar refractivity (Wildman–Crippen MR) is 138 cm³/mol. The summed E-state index contributed by atoms with van der Waals surface area (Å²) in [6.45, 7) is 1.31. The molecule has 0 atom stereocenters. The fraction of sp³-hybridized carbons (Fsp3) is 0.483. The first-order chi connectivity index (χ1) is 19.2. The molecule has 2 fully saturated rings. The van der Waals surface area contributed by atoms with Crippen molar-refractivity contribution in [3.63, 3.8) is 0 Å². The second-order valence-corrected chi connectivity index (χ2v) is 12.0. The summed E-state index contributed by atoms with van der Waals surface area (Å²) in [6.07, 6.45) is -1.60. The molecule has 1 aliphatic heterocycles. The maximum Gasteiger partial charge on any atom is 0.419 e. The van der Waals surface area contributed by atoms with E-state index in [0.717, 1.165) is 24.2 Å². The number of hydrogen-bond donors (Lipinski definition) is 1. The minimum atomic E-state index is -5.01. The lowest BCUT2D eigenvalue weighted by Gasteiger charge is -2.48. The highest BCUT2D eigenvalue weighted by Crippen LogP contribution is 2.55. The highest BCUT2D eigenvalue weighted by Gasteiger charge is 2.57. The van der Waals surface area contributed by atoms with Crippen LogP contribution in [0.2, 0.25) is 0 Å². The number of anilines is 1. The van der Waals surface area contributed by atoms with Gasteiger partial charge in [-0.3, -0.25) is 4.79 Å². The van der Waals surface area contributed by atoms with Gasteiger partial charge < -0.3 is 14.8 Å². The van der Waals surface area contributed by atoms with E-state index in [1.54, 1.807) is 35.9 Å². The number of aryl methyl sites for hydroxylation is 1. The summed E-state index contributed by atoms with van der Waals surface area (Å²) in [5.41, 5.74) is -2.77. The summed E-state index contributed by atoms with van der Waals surface area (Å²) in [7, 11) is 1.71. The van der Waals surface area contributed by atoms with Crippen molar-refractivity contribution < 1.29 is 31.1 Å². The summed E-state index contributed by atoms with van der Waals surface area (Å²) in [4.78, 5) is 14.7. The number of aromatic nitrogens is 3. The van der Waals surface area contributed by atoms with Crippen molar-refractivity contribution in [2.24, 2.45) is 7.05 Å². The maximum absolute atomic E-state index is 15.4. The lowest BCUT2D eigenvalue weighted by atomic mass is 9.60. The number of amides is 1. The largest absolute Gasteiger partial charge is 0.419 e. The van der Waals surface area contributed by atoms with E-state index in [-0.39, 0.29) is 35.3 Å². The molecule has 0 saturated heterocycles. The number of fused-ring (bicyclic) bond motifs is 1. The number of nitrogens with one attached hydrogen (secondary N) is 1. The van der Waals surface area contributed by atoms with Crippen LogP contribution in [0.5, 0.6) is 0 Å². The lowest BCUT2D eigenvalue weighted by molar-refractivity contribution is -0.140. The predicted octanol–water partition coefficient (Wildman–Crippen LogP) is 6.08. The molecule has 3 aromatic rings. The molecule has 0 spiro atoms. The molecule has 218 valence electrons. The fourth-order valence-electron chi connectivity index (χ4n) is 6.45. The van der Waals surface area contributed by atoms with Gasteiger partial charge >= 0.3 is 6.18 Å². The van der Waals surface area contributed by atoms with Crippen LogP contribution in [-0.4, -0.2) is 32.1 Å². The number of nitrogens with zero attached hydrogens (tertiary/aromatic N) is 4. The molecule has 1 amide bonds. The van der Waals surface area contributed by atoms with Gasteiger partial charge in [0.1, 0.15) is 18.0 Å². The van der Waals surface area contributed by atoms with Crippen LogP contribution in [0.4, 0.5) is 32.0 Å². The van der Waals surface area contributed by atoms with Gasteiger partial charge in [0, 0.05) is 60.6 Å². The summed E-state index contributed by atoms with van der Waals surface area (Å²) >= 11 is 0. The molecule has 12 heteroatoms. The second-order valence-electron chi connectivity index (χ2n) is 12.0. The highest BCUT2D eigenvalue weighted by molar-refractivity contribution is 6.10. The van der Waals surface area contributed by atoms with Crippen LogP contribution in [0.15, 0.2) is 36.7 Å². The molecule has 6 nitrogen and oxygen atoms in total. The molecule has 0 unspecified atom stereocenters. The molecule has 2 aliphatic carbocycles. The Morgan fingerprint density at radius 1 is 1.12 bits per heavy atom. The quantitative estimate of drug-likeness (QED) is 0.346. The van der Waals surface area contributed by atoms with Gasteiger partial charge in [0.2, 0.25) is 5.92 Å². The summed E-state index contributed by atoms with van der Waals surface area (Å²) < 4.78 is 88.0. The topological polar surface area (TPSA) is 63.1 Å². The van der Waals surface area contributed by atoms with E-state index < -0.39 is 59.8 Å². The third-order valence-corrected chi connectivity index (χ3v) is 8.95. The van der Waals surface area contributed by atoms with Crippen LogP contribution in [0.3, 0.4) is 0 Å². The SMILES string of the molecule is Cn1cnnc1CC1(c2cccc(N3Cc4c(cc(CNC5(C)CCC5)c(F)c4C(F)(F)F)C3=O)c2)CC(F)(F)C1. The van der Waals surface area contributed by atoms with Gasteiger partial charge in [-0.15, -0.1) is 10.2 Å². The van der Waals surface area contributed by atoms with Gasteiger partial charge in [-0.2, -0.15) is 13.2 Å². The van der Waals surface area contributed by atoms with Crippen molar-refractivity contribution in [2.75, 3.05) is 4.90 Å². The Morgan fingerprint density at radius 3 is 2.44 bits per heavy atom. The molecule has 0 radical (unpaired) electrons. The van der Waals surface area contributed by atoms with Crippen molar-refractivity contribution in [2.45, 2.75) is 81.6 Å². The minimum absolute atomic E-state index is 0.139. The van der Waals surface area contributed by atoms with Crippen LogP contribution >= 0.6 is 0 Å². The van der Waals surface area contributed by atoms with Crippen LogP contribution in [0, 0.1) is 5.82 Å². The number of halogens is 6. The normalized spacial score (nSPS) is 20.5. The van der Waals surface area contributed by atoms with Crippen molar-refractivity contribution in [1.82, 2.24) is 20.1 Å². The summed E-state index contributed by atoms with van der Waals surface area (Å²) in [5.74, 6) is -4.44. The smallest absolute Gasteiger partial charge is 0.321 e. The van der Waals surface area contributed by atoms with Gasteiger partial charge in [-0.1, -0.05) is 12.1 Å². The lowest BCUT2D eigenvalue weighted by Crippen LogP contribution is -2.51. The van der Waals surface area contributed by atoms with Gasteiger partial charge in [0.15, 0.2) is 0 Å². The summed E-state index contributed by atoms with van der Waals surface area (Å²) in [6, 6.07) is 7.59. The first-order valence-corrected chi connectivity index (χ1v) is 13.5. The van der Waals surface area contributed by atoms with Crippen LogP contribution in [0.25, 0.3) is 0 Å². The Bertz CT molecular complexity index is 1520. The van der Waals surface area contributed by atoms with Gasteiger partial charge in [0.05, 0.1) is 12.1 Å². The molecule has 2 saturated carbocycles. The van der Waals surface area contributed by atoms with E-state index in [0.29, 0.717) is 11.4 Å². The van der Waals surface area contributed by atoms with E-state index in [9.17, 15) is 26.7 Å². The van der Waals surface area contributed by atoms with Gasteiger partial charge in [-0.25, -0.2) is 13.2 Å². The Labute approximate surface area is 232 Å². The zero-order chi connectivity index (χ0) is 29.4. The minimum Gasteiger partial charge on any atom is -0.321 e. The number of benzene rings is 2. The number of carbonyl (C=O) groups is 1. The van der Waals surface area contributed by atoms with E-state index in [1.165, 1.54) is 12.4 Å². The molecule has 6 rings (SSSR count). The zero-order valence-electron chi connectivity index (χ0n) is 22.6. The highest BCUT2D eigenvalue weighted by atomic mass is 19.4. The van der Waals surface area contributed by atoms with Crippen molar-refractivity contribution in [1.29, 1.82) is 0 Å². The Balaban J connectivity index is 1.34. The molecule has 2 aromatic carbocycles. The molecule has 1 aromatic heterocycles. The first kappa shape index (κ1) is 27.7. The average molecular weight is 578 g/mol. The second kappa shape index (κ2) is 9.30. The maximum atomic E-state index is 15.4. The zero-order valence-corrected chi connectivity index (χ0v) is 22.6. The van der Waals surface area contributed by atoms with Crippen LogP contribution in [0.1, 0.15) is 77.5 Å². The number of rotatable bonds is 7. The third-order valence-electron chi connectivity index (χ3n) is 8.95. The molecule has 1 N–H and O–H groups in total. The van der Waals surface area contributed by atoms with Gasteiger partial charge in [0.25, 0.3) is 5.91 Å². The van der Waals surface area contributed by atoms with Crippen molar-refractivity contribution >= 4 is 11.6 Å². The number of carbonyl (C=O) groups excluding carboxylic acids is 1. The molecular formula is C29H29F6N5O. The van der Waals surface area contributed by atoms with Gasteiger partial charge in [-0.05, 0) is 55.5 Å². The Hall–Kier alpha value is -3.41. The fourth-order valence-corrected chi connectivity index (χ4v) is 6.45. The monoisotopic (exact) mass is 577 g/mol. The molecule has 2 heterocycles. The molecule has 0 bridgehead atoms. The number of alkyl halides is 5. The standard InChI is InChI=1S/C29H29F6N5O/c1-26(7-4-8-26)36-12-17-9-20-21(23(24(17)30)29(33,34)35)13-40(25(20)41)19-6-3-5-18(10-19)27(14-28(31,32)15-27)11-22-38-37-16-39(22)2/h3,5-6,9-10,16,36H,4,7-8,11-15H2,1-2H3. The van der Waals surface area contributed by atoms with E-state index in [2.05, 4.69) is 15.5 Å². The Morgan fingerprint density at radius 2 is 1.85 bits per heavy atom. The Kier molecular flexibility index (Phi) is 6.29. The molecular weight excluding hydrogens is 548 g/mol. The van der Waals surface area contributed by atoms with E-state index in [1.807, 2.05) is 6.92 Å².